The van der Waals surface area contributed by atoms with Crippen LogP contribution < -0.4 is 5.73 Å². The van der Waals surface area contributed by atoms with Crippen LogP contribution in [0.15, 0.2) is 24.3 Å². The summed E-state index contributed by atoms with van der Waals surface area (Å²) in [6.07, 6.45) is 4.08. The summed E-state index contributed by atoms with van der Waals surface area (Å²) >= 11 is 5.81. The molecule has 1 aromatic rings. The summed E-state index contributed by atoms with van der Waals surface area (Å²) in [7, 11) is 0. The second kappa shape index (κ2) is 5.32. The Bertz CT molecular complexity index is 413. The van der Waals surface area contributed by atoms with Crippen molar-refractivity contribution < 1.29 is 9.59 Å². The van der Waals surface area contributed by atoms with Crippen molar-refractivity contribution in [2.75, 3.05) is 0 Å². The summed E-state index contributed by atoms with van der Waals surface area (Å²) in [5.74, 6) is -0.416. The molecule has 1 rings (SSSR count). The van der Waals surface area contributed by atoms with Gasteiger partial charge < -0.3 is 5.73 Å². The molecule has 0 heterocycles. The largest absolute Gasteiger partial charge is 0.369 e. The molecule has 78 valence electrons. The lowest BCUT2D eigenvalue weighted by Crippen LogP contribution is -2.07. The predicted octanol–water partition coefficient (Wildman–Crippen LogP) is 2.04. The van der Waals surface area contributed by atoms with Crippen LogP contribution in [-0.2, 0) is 4.79 Å². The van der Waals surface area contributed by atoms with Crippen LogP contribution in [0.1, 0.15) is 22.3 Å². The number of hydrogen-bond donors (Lipinski definition) is 1. The fourth-order valence-corrected chi connectivity index (χ4v) is 1.35. The van der Waals surface area contributed by atoms with Crippen LogP contribution in [0.3, 0.4) is 0 Å². The minimum Gasteiger partial charge on any atom is -0.369 e. The molecule has 0 fully saturated rings. The Kier molecular flexibility index (Phi) is 4.06. The SMILES string of the molecule is NC(=O)CC=Cc1cccc(Cl)c1C=O. The standard InChI is InChI=1S/C11H10ClNO2/c12-10-5-1-3-8(9(10)7-14)4-2-6-11(13)15/h1-5,7H,6H2,(H2,13,15). The van der Waals surface area contributed by atoms with E-state index >= 15 is 0 Å². The average molecular weight is 224 g/mol. The molecule has 0 saturated carbocycles. The van der Waals surface area contributed by atoms with Gasteiger partial charge in [-0.25, -0.2) is 0 Å². The highest BCUT2D eigenvalue weighted by molar-refractivity contribution is 6.33. The van der Waals surface area contributed by atoms with Crippen LogP contribution >= 0.6 is 11.6 Å². The van der Waals surface area contributed by atoms with E-state index in [9.17, 15) is 9.59 Å². The van der Waals surface area contributed by atoms with E-state index in [0.717, 1.165) is 0 Å². The van der Waals surface area contributed by atoms with E-state index in [1.54, 1.807) is 30.4 Å². The molecule has 0 radical (unpaired) electrons. The zero-order chi connectivity index (χ0) is 11.3. The van der Waals surface area contributed by atoms with E-state index in [1.165, 1.54) is 0 Å². The number of amides is 1. The number of carbonyl (C=O) groups is 2. The zero-order valence-electron chi connectivity index (χ0n) is 7.94. The van der Waals surface area contributed by atoms with Gasteiger partial charge in [-0.1, -0.05) is 35.9 Å². The van der Waals surface area contributed by atoms with Gasteiger partial charge in [-0.2, -0.15) is 0 Å². The van der Waals surface area contributed by atoms with Gasteiger partial charge in [-0.3, -0.25) is 9.59 Å². The lowest BCUT2D eigenvalue weighted by molar-refractivity contribution is -0.117. The highest BCUT2D eigenvalue weighted by atomic mass is 35.5. The van der Waals surface area contributed by atoms with Gasteiger partial charge in [0.1, 0.15) is 0 Å². The van der Waals surface area contributed by atoms with E-state index in [0.29, 0.717) is 22.4 Å². The van der Waals surface area contributed by atoms with Crippen LogP contribution in [0.5, 0.6) is 0 Å². The normalized spacial score (nSPS) is 10.5. The molecule has 1 aromatic carbocycles. The van der Waals surface area contributed by atoms with Gasteiger partial charge in [0.25, 0.3) is 0 Å². The second-order valence-corrected chi connectivity index (χ2v) is 3.34. The van der Waals surface area contributed by atoms with Crippen molar-refractivity contribution in [2.24, 2.45) is 5.73 Å². The van der Waals surface area contributed by atoms with Crippen LogP contribution in [-0.4, -0.2) is 12.2 Å². The fourth-order valence-electron chi connectivity index (χ4n) is 1.13. The lowest BCUT2D eigenvalue weighted by Gasteiger charge is -2.00. The van der Waals surface area contributed by atoms with Gasteiger partial charge in [-0.15, -0.1) is 0 Å². The van der Waals surface area contributed by atoms with E-state index in [-0.39, 0.29) is 6.42 Å². The van der Waals surface area contributed by atoms with Gasteiger partial charge in [0.2, 0.25) is 5.91 Å². The molecule has 0 atom stereocenters. The van der Waals surface area contributed by atoms with Crippen LogP contribution in [0.2, 0.25) is 5.02 Å². The molecule has 0 unspecified atom stereocenters. The summed E-state index contributed by atoms with van der Waals surface area (Å²) < 4.78 is 0. The Morgan fingerprint density at radius 1 is 1.47 bits per heavy atom. The van der Waals surface area contributed by atoms with Crippen LogP contribution in [0.4, 0.5) is 0 Å². The molecule has 0 spiro atoms. The van der Waals surface area contributed by atoms with E-state index < -0.39 is 5.91 Å². The van der Waals surface area contributed by atoms with E-state index in [4.69, 9.17) is 17.3 Å². The maximum atomic E-state index is 10.7. The first kappa shape index (κ1) is 11.5. The Balaban J connectivity index is 2.94. The van der Waals surface area contributed by atoms with Gasteiger partial charge in [-0.05, 0) is 11.6 Å². The van der Waals surface area contributed by atoms with Crippen LogP contribution in [0, 0.1) is 0 Å². The van der Waals surface area contributed by atoms with Gasteiger partial charge in [0, 0.05) is 12.0 Å². The summed E-state index contributed by atoms with van der Waals surface area (Å²) in [6, 6.07) is 5.11. The number of halogens is 1. The van der Waals surface area contributed by atoms with Crippen molar-refractivity contribution in [3.8, 4) is 0 Å². The number of nitrogens with two attached hydrogens (primary N) is 1. The first-order valence-corrected chi connectivity index (χ1v) is 4.71. The highest BCUT2D eigenvalue weighted by Gasteiger charge is 2.02. The molecule has 4 heteroatoms. The molecule has 1 amide bonds. The average Bonchev–Trinajstić information content (AvgIpc) is 2.17. The quantitative estimate of drug-likeness (QED) is 0.794. The van der Waals surface area contributed by atoms with E-state index in [1.807, 2.05) is 0 Å². The highest BCUT2D eigenvalue weighted by Crippen LogP contribution is 2.19. The third-order valence-electron chi connectivity index (χ3n) is 1.82. The van der Waals surface area contributed by atoms with Crippen molar-refractivity contribution in [3.05, 3.63) is 40.4 Å². The Morgan fingerprint density at radius 2 is 2.20 bits per heavy atom. The first-order valence-electron chi connectivity index (χ1n) is 4.33. The minimum absolute atomic E-state index is 0.144. The molecular weight excluding hydrogens is 214 g/mol. The number of hydrogen-bond acceptors (Lipinski definition) is 2. The second-order valence-electron chi connectivity index (χ2n) is 2.93. The molecule has 0 aliphatic rings. The third kappa shape index (κ3) is 3.22. The van der Waals surface area contributed by atoms with Crippen molar-refractivity contribution in [1.82, 2.24) is 0 Å². The van der Waals surface area contributed by atoms with Crippen molar-refractivity contribution in [2.45, 2.75) is 6.42 Å². The Labute approximate surface area is 92.5 Å². The smallest absolute Gasteiger partial charge is 0.221 e. The van der Waals surface area contributed by atoms with Gasteiger partial charge in [0.15, 0.2) is 6.29 Å². The van der Waals surface area contributed by atoms with Crippen LogP contribution in [0.25, 0.3) is 6.08 Å². The van der Waals surface area contributed by atoms with Crippen molar-refractivity contribution >= 4 is 29.9 Å². The first-order chi connectivity index (χ1) is 7.15. The number of benzene rings is 1. The predicted molar refractivity (Wildman–Crippen MR) is 59.7 cm³/mol. The van der Waals surface area contributed by atoms with E-state index in [2.05, 4.69) is 0 Å². The summed E-state index contributed by atoms with van der Waals surface area (Å²) in [6.45, 7) is 0. The van der Waals surface area contributed by atoms with Gasteiger partial charge in [0.05, 0.1) is 5.02 Å². The molecule has 0 aliphatic carbocycles. The minimum atomic E-state index is -0.416. The maximum Gasteiger partial charge on any atom is 0.221 e. The molecule has 2 N–H and O–H groups in total. The number of rotatable bonds is 4. The number of primary amides is 1. The lowest BCUT2D eigenvalue weighted by atomic mass is 10.1. The zero-order valence-corrected chi connectivity index (χ0v) is 8.70. The molecule has 0 aliphatic heterocycles. The number of aldehydes is 1. The fraction of sp³-hybridized carbons (Fsp3) is 0.0909. The summed E-state index contributed by atoms with van der Waals surface area (Å²) in [5, 5.41) is 0.395. The molecular formula is C11H10ClNO2. The molecule has 0 saturated heterocycles. The molecule has 0 bridgehead atoms. The topological polar surface area (TPSA) is 60.2 Å². The Morgan fingerprint density at radius 3 is 2.80 bits per heavy atom. The maximum absolute atomic E-state index is 10.7. The summed E-state index contributed by atoms with van der Waals surface area (Å²) in [5.41, 5.74) is 6.07. The third-order valence-corrected chi connectivity index (χ3v) is 2.15. The van der Waals surface area contributed by atoms with Crippen molar-refractivity contribution in [3.63, 3.8) is 0 Å². The number of carbonyl (C=O) groups excluding carboxylic acids is 2. The summed E-state index contributed by atoms with van der Waals surface area (Å²) in [4.78, 5) is 21.2. The Hall–Kier alpha value is -1.61. The molecule has 15 heavy (non-hydrogen) atoms. The van der Waals surface area contributed by atoms with Gasteiger partial charge >= 0.3 is 0 Å². The van der Waals surface area contributed by atoms with Crippen molar-refractivity contribution in [1.29, 1.82) is 0 Å². The molecule has 3 nitrogen and oxygen atoms in total. The molecule has 0 aromatic heterocycles. The monoisotopic (exact) mass is 223 g/mol.